The van der Waals surface area contributed by atoms with Gasteiger partial charge in [-0.2, -0.15) is 0 Å². The molecule has 0 radical (unpaired) electrons. The molecule has 0 bridgehead atoms. The molecular formula is C30H34N2O5. The number of methoxy groups -OCH3 is 3. The Labute approximate surface area is 218 Å². The highest BCUT2D eigenvalue weighted by atomic mass is 16.5. The minimum atomic E-state index is -0.482. The molecule has 4 rings (SSSR count). The number of anilines is 1. The van der Waals surface area contributed by atoms with Crippen molar-refractivity contribution in [2.75, 3.05) is 32.8 Å². The van der Waals surface area contributed by atoms with E-state index >= 15 is 0 Å². The van der Waals surface area contributed by atoms with E-state index in [1.807, 2.05) is 73.7 Å². The quantitative estimate of drug-likeness (QED) is 0.452. The summed E-state index contributed by atoms with van der Waals surface area (Å²) in [7, 11) is 4.80. The van der Waals surface area contributed by atoms with Crippen molar-refractivity contribution in [3.05, 3.63) is 83.4 Å². The molecule has 2 amide bonds. The van der Waals surface area contributed by atoms with Crippen molar-refractivity contribution in [2.45, 2.75) is 32.2 Å². The molecule has 194 valence electrons. The maximum atomic E-state index is 13.6. The van der Waals surface area contributed by atoms with E-state index in [1.165, 1.54) is 0 Å². The van der Waals surface area contributed by atoms with E-state index in [1.54, 1.807) is 26.2 Å². The Balaban J connectivity index is 1.62. The molecule has 0 saturated carbocycles. The maximum absolute atomic E-state index is 13.6. The highest BCUT2D eigenvalue weighted by molar-refractivity contribution is 5.97. The van der Waals surface area contributed by atoms with Gasteiger partial charge in [-0.15, -0.1) is 0 Å². The van der Waals surface area contributed by atoms with Crippen molar-refractivity contribution < 1.29 is 23.8 Å². The molecule has 0 aromatic heterocycles. The molecule has 2 unspecified atom stereocenters. The van der Waals surface area contributed by atoms with Crippen molar-refractivity contribution in [2.24, 2.45) is 5.92 Å². The molecular weight excluding hydrogens is 468 g/mol. The molecule has 1 aliphatic heterocycles. The second kappa shape index (κ2) is 11.8. The van der Waals surface area contributed by atoms with Crippen LogP contribution < -0.4 is 24.4 Å². The number of aryl methyl sites for hydroxylation is 1. The van der Waals surface area contributed by atoms with Gasteiger partial charge in [0.25, 0.3) is 0 Å². The van der Waals surface area contributed by atoms with Crippen LogP contribution in [0.5, 0.6) is 17.2 Å². The zero-order chi connectivity index (χ0) is 26.4. The van der Waals surface area contributed by atoms with Crippen LogP contribution in [-0.2, 0) is 16.0 Å². The molecule has 3 aromatic carbocycles. The van der Waals surface area contributed by atoms with E-state index in [0.717, 1.165) is 28.1 Å². The third kappa shape index (κ3) is 5.88. The number of amides is 2. The van der Waals surface area contributed by atoms with Gasteiger partial charge in [0.1, 0.15) is 5.75 Å². The fourth-order valence-electron chi connectivity index (χ4n) is 4.85. The topological polar surface area (TPSA) is 77.1 Å². The van der Waals surface area contributed by atoms with Crippen LogP contribution in [0.25, 0.3) is 0 Å². The molecule has 0 aliphatic carbocycles. The first-order chi connectivity index (χ1) is 17.9. The summed E-state index contributed by atoms with van der Waals surface area (Å²) in [6.45, 7) is 2.51. The van der Waals surface area contributed by atoms with Crippen LogP contribution >= 0.6 is 0 Å². The van der Waals surface area contributed by atoms with Crippen molar-refractivity contribution in [1.82, 2.24) is 5.32 Å². The Bertz CT molecular complexity index is 1220. The molecule has 1 aliphatic rings. The number of nitrogens with zero attached hydrogens (tertiary/aromatic N) is 1. The molecule has 1 fully saturated rings. The van der Waals surface area contributed by atoms with Crippen LogP contribution in [0.2, 0.25) is 0 Å². The number of rotatable bonds is 9. The normalized spacial score (nSPS) is 17.3. The molecule has 1 N–H and O–H groups in total. The van der Waals surface area contributed by atoms with Crippen LogP contribution in [0.3, 0.4) is 0 Å². The van der Waals surface area contributed by atoms with Crippen molar-refractivity contribution in [3.63, 3.8) is 0 Å². The van der Waals surface area contributed by atoms with Gasteiger partial charge in [0.15, 0.2) is 11.5 Å². The molecule has 7 heteroatoms. The summed E-state index contributed by atoms with van der Waals surface area (Å²) < 4.78 is 16.2. The number of carbonyl (C=O) groups is 2. The molecule has 37 heavy (non-hydrogen) atoms. The smallest absolute Gasteiger partial charge is 0.227 e. The summed E-state index contributed by atoms with van der Waals surface area (Å²) in [5.41, 5.74) is 3.80. The number of piperidine rings is 1. The van der Waals surface area contributed by atoms with Gasteiger partial charge in [-0.25, -0.2) is 0 Å². The van der Waals surface area contributed by atoms with Crippen LogP contribution in [0, 0.1) is 12.8 Å². The fraction of sp³-hybridized carbons (Fsp3) is 0.333. The summed E-state index contributed by atoms with van der Waals surface area (Å²) >= 11 is 0. The van der Waals surface area contributed by atoms with Crippen LogP contribution in [0.15, 0.2) is 66.7 Å². The first-order valence-electron chi connectivity index (χ1n) is 12.5. The third-order valence-electron chi connectivity index (χ3n) is 6.87. The molecule has 2 atom stereocenters. The summed E-state index contributed by atoms with van der Waals surface area (Å²) in [6.07, 6.45) is 1.47. The van der Waals surface area contributed by atoms with E-state index in [-0.39, 0.29) is 11.8 Å². The van der Waals surface area contributed by atoms with E-state index < -0.39 is 12.0 Å². The lowest BCUT2D eigenvalue weighted by Gasteiger charge is -2.41. The Morgan fingerprint density at radius 3 is 2.27 bits per heavy atom. The van der Waals surface area contributed by atoms with Crippen molar-refractivity contribution in [1.29, 1.82) is 0 Å². The lowest BCUT2D eigenvalue weighted by molar-refractivity contribution is -0.129. The highest BCUT2D eigenvalue weighted by Gasteiger charge is 2.41. The second-order valence-corrected chi connectivity index (χ2v) is 9.19. The number of nitrogens with one attached hydrogen (secondary N) is 1. The standard InChI is InChI=1S/C30H34N2O5/c1-20-5-10-23(11-6-20)32-28(33)16-14-25(29(32)22-9-15-26(36-3)27(19-22)37-4)30(34)31-18-17-21-7-12-24(35-2)13-8-21/h5-13,15,19,25,29H,14,16-18H2,1-4H3,(H,31,34). The van der Waals surface area contributed by atoms with Gasteiger partial charge in [0.2, 0.25) is 11.8 Å². The lowest BCUT2D eigenvalue weighted by atomic mass is 9.83. The molecule has 7 nitrogen and oxygen atoms in total. The minimum Gasteiger partial charge on any atom is -0.497 e. The van der Waals surface area contributed by atoms with Crippen LogP contribution in [-0.4, -0.2) is 39.7 Å². The van der Waals surface area contributed by atoms with Crippen molar-refractivity contribution >= 4 is 17.5 Å². The van der Waals surface area contributed by atoms with Crippen molar-refractivity contribution in [3.8, 4) is 17.2 Å². The number of hydrogen-bond donors (Lipinski definition) is 1. The van der Waals surface area contributed by atoms with E-state index in [4.69, 9.17) is 14.2 Å². The van der Waals surface area contributed by atoms with E-state index in [2.05, 4.69) is 5.32 Å². The van der Waals surface area contributed by atoms with Gasteiger partial charge in [-0.1, -0.05) is 35.9 Å². The van der Waals surface area contributed by atoms with E-state index in [0.29, 0.717) is 37.3 Å². The average Bonchev–Trinajstić information content (AvgIpc) is 2.93. The Kier molecular flexibility index (Phi) is 8.33. The number of benzene rings is 3. The highest BCUT2D eigenvalue weighted by Crippen LogP contribution is 2.42. The molecule has 0 spiro atoms. The predicted octanol–water partition coefficient (Wildman–Crippen LogP) is 4.86. The van der Waals surface area contributed by atoms with Crippen LogP contribution in [0.1, 0.15) is 35.6 Å². The Morgan fingerprint density at radius 2 is 1.62 bits per heavy atom. The SMILES string of the molecule is COc1ccc(CCNC(=O)C2CCC(=O)N(c3ccc(C)cc3)C2c2ccc(OC)c(OC)c2)cc1. The van der Waals surface area contributed by atoms with Gasteiger partial charge < -0.3 is 24.4 Å². The van der Waals surface area contributed by atoms with Gasteiger partial charge in [-0.05, 0) is 67.3 Å². The zero-order valence-corrected chi connectivity index (χ0v) is 21.8. The summed E-state index contributed by atoms with van der Waals surface area (Å²) in [4.78, 5) is 28.6. The third-order valence-corrected chi connectivity index (χ3v) is 6.87. The Morgan fingerprint density at radius 1 is 0.919 bits per heavy atom. The molecule has 3 aromatic rings. The molecule has 1 saturated heterocycles. The summed E-state index contributed by atoms with van der Waals surface area (Å²) in [5.74, 6) is 1.45. The molecule has 1 heterocycles. The Hall–Kier alpha value is -4.00. The fourth-order valence-corrected chi connectivity index (χ4v) is 4.85. The van der Waals surface area contributed by atoms with Gasteiger partial charge in [-0.3, -0.25) is 9.59 Å². The lowest BCUT2D eigenvalue weighted by Crippen LogP contribution is -2.48. The van der Waals surface area contributed by atoms with Gasteiger partial charge >= 0.3 is 0 Å². The number of hydrogen-bond acceptors (Lipinski definition) is 5. The first-order valence-corrected chi connectivity index (χ1v) is 12.5. The first kappa shape index (κ1) is 26.1. The van der Waals surface area contributed by atoms with Gasteiger partial charge in [0.05, 0.1) is 33.3 Å². The van der Waals surface area contributed by atoms with E-state index in [9.17, 15) is 9.59 Å². The number of carbonyl (C=O) groups excluding carboxylic acids is 2. The second-order valence-electron chi connectivity index (χ2n) is 9.19. The summed E-state index contributed by atoms with van der Waals surface area (Å²) in [5, 5.41) is 3.11. The average molecular weight is 503 g/mol. The summed E-state index contributed by atoms with van der Waals surface area (Å²) in [6, 6.07) is 20.8. The number of ether oxygens (including phenoxy) is 3. The van der Waals surface area contributed by atoms with Crippen LogP contribution in [0.4, 0.5) is 5.69 Å². The monoisotopic (exact) mass is 502 g/mol. The van der Waals surface area contributed by atoms with Gasteiger partial charge in [0, 0.05) is 18.7 Å². The zero-order valence-electron chi connectivity index (χ0n) is 21.8. The minimum absolute atomic E-state index is 0.00841. The maximum Gasteiger partial charge on any atom is 0.227 e. The largest absolute Gasteiger partial charge is 0.497 e. The predicted molar refractivity (Wildman–Crippen MR) is 143 cm³/mol.